The molecule has 12 heavy (non-hydrogen) atoms. The zero-order valence-corrected chi connectivity index (χ0v) is 8.26. The van der Waals surface area contributed by atoms with Crippen LogP contribution in [0.2, 0.25) is 0 Å². The minimum absolute atomic E-state index is 1.09. The number of hydrogen-bond acceptors (Lipinski definition) is 0. The molecule has 0 nitrogen and oxygen atoms in total. The van der Waals surface area contributed by atoms with Crippen LogP contribution < -0.4 is 0 Å². The Morgan fingerprint density at radius 2 is 1.75 bits per heavy atom. The molecule has 0 aliphatic carbocycles. The summed E-state index contributed by atoms with van der Waals surface area (Å²) in [4.78, 5) is 0. The van der Waals surface area contributed by atoms with E-state index >= 15 is 0 Å². The first-order valence-corrected chi connectivity index (χ1v) is 4.99. The summed E-state index contributed by atoms with van der Waals surface area (Å²) in [5.74, 6) is 0. The van der Waals surface area contributed by atoms with Crippen LogP contribution in [0.25, 0.3) is 0 Å². The monoisotopic (exact) mass is 165 g/mol. The van der Waals surface area contributed by atoms with Crippen molar-refractivity contribution in [3.63, 3.8) is 0 Å². The van der Waals surface area contributed by atoms with E-state index in [1.165, 1.54) is 32.1 Å². The lowest BCUT2D eigenvalue weighted by molar-refractivity contribution is 0.651. The fraction of sp³-hybridized carbons (Fsp3) is 0.583. The third-order valence-corrected chi connectivity index (χ3v) is 1.81. The molecule has 69 valence electrons. The molecule has 0 aromatic rings. The quantitative estimate of drug-likeness (QED) is 0.390. The zero-order valence-electron chi connectivity index (χ0n) is 8.26. The minimum atomic E-state index is 1.09. The van der Waals surface area contributed by atoms with Crippen LogP contribution >= 0.6 is 0 Å². The van der Waals surface area contributed by atoms with Gasteiger partial charge in [-0.25, -0.2) is 0 Å². The van der Waals surface area contributed by atoms with Crippen LogP contribution in [0, 0.1) is 6.92 Å². The molecule has 0 unspecified atom stereocenters. The van der Waals surface area contributed by atoms with Crippen LogP contribution in [0.1, 0.15) is 45.4 Å². The third-order valence-electron chi connectivity index (χ3n) is 1.81. The summed E-state index contributed by atoms with van der Waals surface area (Å²) in [5.41, 5.74) is 0. The summed E-state index contributed by atoms with van der Waals surface area (Å²) in [7, 11) is 0. The van der Waals surface area contributed by atoms with Crippen LogP contribution in [0.15, 0.2) is 24.3 Å². The van der Waals surface area contributed by atoms with E-state index in [0.29, 0.717) is 0 Å². The molecule has 0 saturated carbocycles. The summed E-state index contributed by atoms with van der Waals surface area (Å²) in [5, 5.41) is 0. The first-order chi connectivity index (χ1) is 5.91. The van der Waals surface area contributed by atoms with E-state index in [2.05, 4.69) is 31.2 Å². The topological polar surface area (TPSA) is 0 Å². The molecule has 0 rings (SSSR count). The Kier molecular flexibility index (Phi) is 10.0. The van der Waals surface area contributed by atoms with Crippen molar-refractivity contribution in [1.82, 2.24) is 0 Å². The van der Waals surface area contributed by atoms with Gasteiger partial charge in [0.1, 0.15) is 0 Å². The molecule has 0 aromatic heterocycles. The van der Waals surface area contributed by atoms with E-state index < -0.39 is 0 Å². The molecular formula is C12H21. The van der Waals surface area contributed by atoms with Crippen LogP contribution in [0.4, 0.5) is 0 Å². The Balaban J connectivity index is 3.00. The van der Waals surface area contributed by atoms with Gasteiger partial charge in [0.15, 0.2) is 0 Å². The van der Waals surface area contributed by atoms with Crippen molar-refractivity contribution in [3.05, 3.63) is 31.2 Å². The van der Waals surface area contributed by atoms with Crippen molar-refractivity contribution >= 4 is 0 Å². The van der Waals surface area contributed by atoms with Gasteiger partial charge in [-0.3, -0.25) is 0 Å². The summed E-state index contributed by atoms with van der Waals surface area (Å²) < 4.78 is 0. The van der Waals surface area contributed by atoms with Gasteiger partial charge >= 0.3 is 0 Å². The molecule has 0 aliphatic rings. The molecule has 1 radical (unpaired) electrons. The van der Waals surface area contributed by atoms with Crippen molar-refractivity contribution in [2.45, 2.75) is 45.4 Å². The molecule has 0 aromatic carbocycles. The highest BCUT2D eigenvalue weighted by atomic mass is 13.9. The number of hydrogen-bond donors (Lipinski definition) is 0. The highest BCUT2D eigenvalue weighted by Crippen LogP contribution is 2.04. The molecule has 0 amide bonds. The van der Waals surface area contributed by atoms with Crippen molar-refractivity contribution < 1.29 is 0 Å². The Morgan fingerprint density at radius 1 is 1.00 bits per heavy atom. The Labute approximate surface area is 77.4 Å². The molecule has 0 spiro atoms. The van der Waals surface area contributed by atoms with Crippen molar-refractivity contribution in [2.24, 2.45) is 0 Å². The second-order valence-corrected chi connectivity index (χ2v) is 3.01. The molecule has 0 fully saturated rings. The van der Waals surface area contributed by atoms with E-state index in [1.807, 2.05) is 6.92 Å². The van der Waals surface area contributed by atoms with E-state index in [0.717, 1.165) is 6.42 Å². The number of allylic oxidation sites excluding steroid dienone is 4. The smallest absolute Gasteiger partial charge is 0.0348 e. The molecule has 0 heterocycles. The number of unbranched alkanes of at least 4 members (excludes halogenated alkanes) is 5. The maximum atomic E-state index is 3.82. The lowest BCUT2D eigenvalue weighted by Gasteiger charge is -1.95. The summed E-state index contributed by atoms with van der Waals surface area (Å²) in [6, 6.07) is 0. The van der Waals surface area contributed by atoms with Crippen LogP contribution in [0.5, 0.6) is 0 Å². The van der Waals surface area contributed by atoms with Crippen LogP contribution in [0.3, 0.4) is 0 Å². The molecular weight excluding hydrogens is 144 g/mol. The van der Waals surface area contributed by atoms with E-state index in [9.17, 15) is 0 Å². The van der Waals surface area contributed by atoms with E-state index in [-0.39, 0.29) is 0 Å². The lowest BCUT2D eigenvalue weighted by Crippen LogP contribution is -1.75. The highest BCUT2D eigenvalue weighted by Gasteiger charge is 1.85. The van der Waals surface area contributed by atoms with Gasteiger partial charge in [0.2, 0.25) is 0 Å². The first kappa shape index (κ1) is 11.5. The SMILES string of the molecule is [CH2]CCCCCC/C=C\C=C\C. The average molecular weight is 165 g/mol. The van der Waals surface area contributed by atoms with Gasteiger partial charge in [-0.15, -0.1) is 0 Å². The fourth-order valence-electron chi connectivity index (χ4n) is 1.08. The maximum absolute atomic E-state index is 3.82. The Bertz CT molecular complexity index is 120. The molecule has 0 N–H and O–H groups in total. The predicted octanol–water partition coefficient (Wildman–Crippen LogP) is 4.29. The van der Waals surface area contributed by atoms with Gasteiger partial charge in [-0.2, -0.15) is 0 Å². The van der Waals surface area contributed by atoms with Gasteiger partial charge in [0, 0.05) is 0 Å². The van der Waals surface area contributed by atoms with Crippen molar-refractivity contribution in [3.8, 4) is 0 Å². The molecule has 0 aliphatic heterocycles. The number of rotatable bonds is 7. The summed E-state index contributed by atoms with van der Waals surface area (Å²) in [6.45, 7) is 5.86. The largest absolute Gasteiger partial charge is 0.0877 e. The van der Waals surface area contributed by atoms with E-state index in [4.69, 9.17) is 0 Å². The van der Waals surface area contributed by atoms with Gasteiger partial charge in [-0.05, 0) is 19.8 Å². The molecule has 0 bridgehead atoms. The molecule has 0 heteroatoms. The second-order valence-electron chi connectivity index (χ2n) is 3.01. The molecule has 0 saturated heterocycles. The van der Waals surface area contributed by atoms with Gasteiger partial charge in [-0.1, -0.05) is 56.9 Å². The Morgan fingerprint density at radius 3 is 2.42 bits per heavy atom. The van der Waals surface area contributed by atoms with Gasteiger partial charge < -0.3 is 0 Å². The van der Waals surface area contributed by atoms with Crippen molar-refractivity contribution in [1.29, 1.82) is 0 Å². The third kappa shape index (κ3) is 9.48. The Hall–Kier alpha value is -0.520. The first-order valence-electron chi connectivity index (χ1n) is 4.99. The summed E-state index contributed by atoms with van der Waals surface area (Å²) in [6.07, 6.45) is 16.1. The highest BCUT2D eigenvalue weighted by molar-refractivity contribution is 5.00. The van der Waals surface area contributed by atoms with E-state index in [1.54, 1.807) is 0 Å². The maximum Gasteiger partial charge on any atom is -0.0348 e. The average Bonchev–Trinajstić information content (AvgIpc) is 2.10. The van der Waals surface area contributed by atoms with Gasteiger partial charge in [0.25, 0.3) is 0 Å². The van der Waals surface area contributed by atoms with Crippen LogP contribution in [-0.4, -0.2) is 0 Å². The lowest BCUT2D eigenvalue weighted by atomic mass is 10.1. The normalized spacial score (nSPS) is 11.8. The predicted molar refractivity (Wildman–Crippen MR) is 57.0 cm³/mol. The van der Waals surface area contributed by atoms with Gasteiger partial charge in [0.05, 0.1) is 0 Å². The molecule has 0 atom stereocenters. The fourth-order valence-corrected chi connectivity index (χ4v) is 1.08. The zero-order chi connectivity index (χ0) is 9.07. The minimum Gasteiger partial charge on any atom is -0.0877 e. The summed E-state index contributed by atoms with van der Waals surface area (Å²) >= 11 is 0. The standard InChI is InChI=1S/C12H21/c1-3-5-7-9-11-12-10-8-6-4-2/h4,6,8,10H,1,3,5,7,9,11-12H2,2H3/b6-4+,10-8-. The van der Waals surface area contributed by atoms with Crippen molar-refractivity contribution in [2.75, 3.05) is 0 Å². The van der Waals surface area contributed by atoms with Crippen LogP contribution in [-0.2, 0) is 0 Å². The second kappa shape index (κ2) is 10.5.